The maximum Gasteiger partial charge on any atom is 0.251 e. The van der Waals surface area contributed by atoms with Crippen LogP contribution in [0.3, 0.4) is 0 Å². The number of benzene rings is 1. The van der Waals surface area contributed by atoms with Crippen LogP contribution >= 0.6 is 11.8 Å². The van der Waals surface area contributed by atoms with Crippen molar-refractivity contribution in [3.8, 4) is 0 Å². The normalized spacial score (nSPS) is 10.3. The van der Waals surface area contributed by atoms with E-state index in [0.29, 0.717) is 5.03 Å². The molecule has 0 spiro atoms. The Morgan fingerprint density at radius 2 is 2.10 bits per heavy atom. The summed E-state index contributed by atoms with van der Waals surface area (Å²) < 4.78 is 0.759. The SMILES string of the molecule is Cc1ccc(NC(=O)CSc2cccc[n+]2[O-])c(C)c1. The van der Waals surface area contributed by atoms with Crippen molar-refractivity contribution < 1.29 is 9.52 Å². The molecular formula is C15H16N2O2S. The zero-order chi connectivity index (χ0) is 14.5. The Kier molecular flexibility index (Phi) is 4.63. The molecule has 0 atom stereocenters. The summed E-state index contributed by atoms with van der Waals surface area (Å²) in [6.07, 6.45) is 1.42. The minimum Gasteiger partial charge on any atom is -0.618 e. The molecule has 0 aliphatic rings. The standard InChI is InChI=1S/C15H16N2O2S/c1-11-6-7-13(12(2)9-11)16-14(18)10-20-15-5-3-4-8-17(15)19/h3-9H,10H2,1-2H3,(H,16,18). The number of amides is 1. The lowest BCUT2D eigenvalue weighted by atomic mass is 10.1. The zero-order valence-electron chi connectivity index (χ0n) is 11.4. The minimum absolute atomic E-state index is 0.120. The summed E-state index contributed by atoms with van der Waals surface area (Å²) in [4.78, 5) is 11.9. The Morgan fingerprint density at radius 3 is 2.80 bits per heavy atom. The summed E-state index contributed by atoms with van der Waals surface area (Å²) >= 11 is 1.22. The summed E-state index contributed by atoms with van der Waals surface area (Å²) in [7, 11) is 0. The molecule has 2 rings (SSSR count). The predicted octanol–water partition coefficient (Wildman–Crippen LogP) is 2.67. The molecule has 0 radical (unpaired) electrons. The third kappa shape index (κ3) is 3.74. The maximum atomic E-state index is 11.9. The van der Waals surface area contributed by atoms with Crippen LogP contribution in [-0.4, -0.2) is 11.7 Å². The number of carbonyl (C=O) groups is 1. The van der Waals surface area contributed by atoms with E-state index in [-0.39, 0.29) is 11.7 Å². The van der Waals surface area contributed by atoms with E-state index in [1.165, 1.54) is 18.0 Å². The fourth-order valence-corrected chi connectivity index (χ4v) is 2.52. The first-order chi connectivity index (χ1) is 9.56. The number of nitrogens with one attached hydrogen (secondary N) is 1. The fourth-order valence-electron chi connectivity index (χ4n) is 1.80. The molecule has 4 nitrogen and oxygen atoms in total. The van der Waals surface area contributed by atoms with Crippen molar-refractivity contribution in [2.45, 2.75) is 18.9 Å². The lowest BCUT2D eigenvalue weighted by Crippen LogP contribution is -2.28. The lowest BCUT2D eigenvalue weighted by Gasteiger charge is -2.09. The number of carbonyl (C=O) groups excluding carboxylic acids is 1. The molecular weight excluding hydrogens is 272 g/mol. The van der Waals surface area contributed by atoms with Crippen LogP contribution in [0, 0.1) is 19.1 Å². The van der Waals surface area contributed by atoms with Crippen LogP contribution in [0.4, 0.5) is 5.69 Å². The van der Waals surface area contributed by atoms with Crippen LogP contribution in [0.1, 0.15) is 11.1 Å². The van der Waals surface area contributed by atoms with E-state index in [9.17, 15) is 10.0 Å². The van der Waals surface area contributed by atoms with Crippen molar-refractivity contribution in [2.75, 3.05) is 11.1 Å². The molecule has 1 aromatic carbocycles. The number of nitrogens with zero attached hydrogens (tertiary/aromatic N) is 1. The van der Waals surface area contributed by atoms with E-state index in [1.807, 2.05) is 32.0 Å². The van der Waals surface area contributed by atoms with Crippen molar-refractivity contribution in [2.24, 2.45) is 0 Å². The van der Waals surface area contributed by atoms with Crippen molar-refractivity contribution in [1.29, 1.82) is 0 Å². The van der Waals surface area contributed by atoms with Crippen LogP contribution in [-0.2, 0) is 4.79 Å². The van der Waals surface area contributed by atoms with Gasteiger partial charge in [-0.15, -0.1) is 0 Å². The molecule has 1 amide bonds. The van der Waals surface area contributed by atoms with Gasteiger partial charge < -0.3 is 10.5 Å². The second-order valence-corrected chi connectivity index (χ2v) is 5.52. The zero-order valence-corrected chi connectivity index (χ0v) is 12.2. The highest BCUT2D eigenvalue weighted by Crippen LogP contribution is 2.17. The number of rotatable bonds is 4. The molecule has 5 heteroatoms. The van der Waals surface area contributed by atoms with E-state index < -0.39 is 0 Å². The molecule has 20 heavy (non-hydrogen) atoms. The fraction of sp³-hybridized carbons (Fsp3) is 0.200. The molecule has 2 aromatic rings. The highest BCUT2D eigenvalue weighted by atomic mass is 32.2. The van der Waals surface area contributed by atoms with Gasteiger partial charge in [0.1, 0.15) is 0 Å². The Bertz CT molecular complexity index is 629. The lowest BCUT2D eigenvalue weighted by molar-refractivity contribution is -0.645. The molecule has 1 N–H and O–H groups in total. The first-order valence-corrected chi connectivity index (χ1v) is 7.23. The molecule has 0 aliphatic heterocycles. The van der Waals surface area contributed by atoms with E-state index >= 15 is 0 Å². The van der Waals surface area contributed by atoms with Gasteiger partial charge in [-0.1, -0.05) is 17.7 Å². The monoisotopic (exact) mass is 288 g/mol. The second-order valence-electron chi connectivity index (χ2n) is 4.52. The smallest absolute Gasteiger partial charge is 0.251 e. The average Bonchev–Trinajstić information content (AvgIpc) is 2.41. The molecule has 1 heterocycles. The van der Waals surface area contributed by atoms with Crippen LogP contribution in [0.2, 0.25) is 0 Å². The Balaban J connectivity index is 1.94. The molecule has 0 saturated heterocycles. The van der Waals surface area contributed by atoms with E-state index in [1.54, 1.807) is 18.2 Å². The van der Waals surface area contributed by atoms with Gasteiger partial charge in [0.15, 0.2) is 6.20 Å². The number of pyridine rings is 1. The van der Waals surface area contributed by atoms with Crippen molar-refractivity contribution in [3.63, 3.8) is 0 Å². The summed E-state index contributed by atoms with van der Waals surface area (Å²) in [5.41, 5.74) is 3.00. The molecule has 0 saturated carbocycles. The minimum atomic E-state index is -0.120. The Hall–Kier alpha value is -2.01. The van der Waals surface area contributed by atoms with Crippen LogP contribution < -0.4 is 10.0 Å². The van der Waals surface area contributed by atoms with Gasteiger partial charge in [0.25, 0.3) is 5.03 Å². The van der Waals surface area contributed by atoms with Gasteiger partial charge in [0.2, 0.25) is 5.91 Å². The first-order valence-electron chi connectivity index (χ1n) is 6.24. The van der Waals surface area contributed by atoms with Crippen molar-refractivity contribution in [3.05, 3.63) is 58.9 Å². The molecule has 0 fully saturated rings. The van der Waals surface area contributed by atoms with Gasteiger partial charge in [-0.2, -0.15) is 4.73 Å². The number of hydrogen-bond donors (Lipinski definition) is 1. The van der Waals surface area contributed by atoms with E-state index in [2.05, 4.69) is 5.32 Å². The third-order valence-corrected chi connectivity index (χ3v) is 3.81. The van der Waals surface area contributed by atoms with Crippen molar-refractivity contribution in [1.82, 2.24) is 0 Å². The number of thioether (sulfide) groups is 1. The van der Waals surface area contributed by atoms with Gasteiger partial charge in [0, 0.05) is 17.8 Å². The van der Waals surface area contributed by atoms with E-state index in [4.69, 9.17) is 0 Å². The molecule has 0 bridgehead atoms. The summed E-state index contributed by atoms with van der Waals surface area (Å²) in [6, 6.07) is 11.0. The van der Waals surface area contributed by atoms with Crippen LogP contribution in [0.5, 0.6) is 0 Å². The van der Waals surface area contributed by atoms with Gasteiger partial charge in [-0.25, -0.2) is 0 Å². The Morgan fingerprint density at radius 1 is 1.30 bits per heavy atom. The highest BCUT2D eigenvalue weighted by Gasteiger charge is 2.10. The number of anilines is 1. The van der Waals surface area contributed by atoms with Gasteiger partial charge >= 0.3 is 0 Å². The summed E-state index contributed by atoms with van der Waals surface area (Å²) in [5.74, 6) is 0.0883. The number of aromatic nitrogens is 1. The largest absolute Gasteiger partial charge is 0.618 e. The van der Waals surface area contributed by atoms with Gasteiger partial charge in [-0.3, -0.25) is 4.79 Å². The van der Waals surface area contributed by atoms with Crippen LogP contribution in [0.25, 0.3) is 0 Å². The summed E-state index contributed by atoms with van der Waals surface area (Å²) in [5, 5.41) is 14.8. The summed E-state index contributed by atoms with van der Waals surface area (Å²) in [6.45, 7) is 3.97. The topological polar surface area (TPSA) is 56.0 Å². The number of hydrogen-bond acceptors (Lipinski definition) is 3. The number of aryl methyl sites for hydroxylation is 2. The third-order valence-electron chi connectivity index (χ3n) is 2.80. The van der Waals surface area contributed by atoms with E-state index in [0.717, 1.165) is 21.5 Å². The Labute approximate surface area is 122 Å². The second kappa shape index (κ2) is 6.43. The molecule has 0 unspecified atom stereocenters. The average molecular weight is 288 g/mol. The quantitative estimate of drug-likeness (QED) is 0.534. The van der Waals surface area contributed by atoms with Crippen LogP contribution in [0.15, 0.2) is 47.6 Å². The molecule has 1 aromatic heterocycles. The molecule has 0 aliphatic carbocycles. The van der Waals surface area contributed by atoms with Crippen molar-refractivity contribution >= 4 is 23.4 Å². The highest BCUT2D eigenvalue weighted by molar-refractivity contribution is 7.99. The maximum absolute atomic E-state index is 11.9. The van der Waals surface area contributed by atoms with Gasteiger partial charge in [0.05, 0.1) is 5.75 Å². The van der Waals surface area contributed by atoms with Gasteiger partial charge in [-0.05, 0) is 43.3 Å². The predicted molar refractivity (Wildman–Crippen MR) is 80.7 cm³/mol. The molecule has 104 valence electrons. The first kappa shape index (κ1) is 14.4.